The second-order valence-corrected chi connectivity index (χ2v) is 6.84. The number of benzene rings is 2. The van der Waals surface area contributed by atoms with Crippen LogP contribution in [0.2, 0.25) is 0 Å². The number of halogens is 1. The van der Waals surface area contributed by atoms with Crippen LogP contribution in [0.4, 0.5) is 0 Å². The summed E-state index contributed by atoms with van der Waals surface area (Å²) in [6, 6.07) is 18.9. The van der Waals surface area contributed by atoms with E-state index in [2.05, 4.69) is 20.9 Å². The Balaban J connectivity index is 1.96. The fraction of sp³-hybridized carbons (Fsp3) is 0.0500. The number of nitrogens with zero attached hydrogens (tertiary/aromatic N) is 3. The lowest BCUT2D eigenvalue weighted by atomic mass is 10.0. The Morgan fingerprint density at radius 2 is 1.96 bits per heavy atom. The monoisotopic (exact) mass is 405 g/mol. The number of rotatable bonds is 3. The Morgan fingerprint density at radius 3 is 2.73 bits per heavy atom. The van der Waals surface area contributed by atoms with Gasteiger partial charge in [-0.05, 0) is 46.7 Å². The van der Waals surface area contributed by atoms with E-state index in [1.54, 1.807) is 22.8 Å². The summed E-state index contributed by atoms with van der Waals surface area (Å²) in [6.45, 7) is 0.340. The zero-order valence-corrected chi connectivity index (χ0v) is 15.1. The number of hydrogen-bond acceptors (Lipinski definition) is 3. The molecule has 0 bridgehead atoms. The normalized spacial score (nSPS) is 10.9. The van der Waals surface area contributed by atoms with E-state index in [-0.39, 0.29) is 11.4 Å². The molecule has 0 aliphatic carbocycles. The van der Waals surface area contributed by atoms with Gasteiger partial charge in [0.1, 0.15) is 23.1 Å². The molecule has 0 atom stereocenters. The predicted molar refractivity (Wildman–Crippen MR) is 102 cm³/mol. The molecule has 2 aromatic carbocycles. The van der Waals surface area contributed by atoms with Gasteiger partial charge < -0.3 is 9.67 Å². The number of fused-ring (bicyclic) bond motifs is 2. The van der Waals surface area contributed by atoms with Crippen LogP contribution in [0.5, 0.6) is 0 Å². The summed E-state index contributed by atoms with van der Waals surface area (Å²) in [5, 5.41) is 21.6. The number of aromatic carboxylic acids is 1. The van der Waals surface area contributed by atoms with Crippen molar-refractivity contribution in [2.24, 2.45) is 0 Å². The summed E-state index contributed by atoms with van der Waals surface area (Å²) in [7, 11) is 0. The first kappa shape index (κ1) is 16.3. The molecule has 26 heavy (non-hydrogen) atoms. The van der Waals surface area contributed by atoms with Crippen molar-refractivity contribution in [2.75, 3.05) is 0 Å². The van der Waals surface area contributed by atoms with Crippen molar-refractivity contribution >= 4 is 43.7 Å². The molecule has 0 aliphatic heterocycles. The highest BCUT2D eigenvalue weighted by Crippen LogP contribution is 2.27. The van der Waals surface area contributed by atoms with Crippen LogP contribution in [0.15, 0.2) is 59.1 Å². The predicted octanol–water partition coefficient (Wildman–Crippen LogP) is 4.57. The van der Waals surface area contributed by atoms with Crippen LogP contribution >= 0.6 is 15.9 Å². The lowest BCUT2D eigenvalue weighted by molar-refractivity contribution is 0.0686. The average molecular weight is 406 g/mol. The number of aromatic nitrogens is 2. The fourth-order valence-electron chi connectivity index (χ4n) is 3.18. The van der Waals surface area contributed by atoms with E-state index in [1.165, 1.54) is 0 Å². The topological polar surface area (TPSA) is 78.9 Å². The Morgan fingerprint density at radius 1 is 1.15 bits per heavy atom. The number of hydrogen-bond donors (Lipinski definition) is 1. The third-order valence-electron chi connectivity index (χ3n) is 4.32. The van der Waals surface area contributed by atoms with Crippen molar-refractivity contribution in [2.45, 2.75) is 6.54 Å². The zero-order valence-electron chi connectivity index (χ0n) is 13.5. The first-order valence-corrected chi connectivity index (χ1v) is 8.67. The van der Waals surface area contributed by atoms with Gasteiger partial charge in [0.25, 0.3) is 0 Å². The molecule has 0 saturated carbocycles. The van der Waals surface area contributed by atoms with Gasteiger partial charge in [-0.15, -0.1) is 0 Å². The minimum atomic E-state index is -1.03. The van der Waals surface area contributed by atoms with E-state index in [9.17, 15) is 9.90 Å². The van der Waals surface area contributed by atoms with Crippen molar-refractivity contribution in [3.8, 4) is 6.07 Å². The van der Waals surface area contributed by atoms with Gasteiger partial charge in [0.15, 0.2) is 0 Å². The van der Waals surface area contributed by atoms with Crippen molar-refractivity contribution in [3.05, 3.63) is 76.0 Å². The van der Waals surface area contributed by atoms with Crippen molar-refractivity contribution in [3.63, 3.8) is 0 Å². The number of pyridine rings is 1. The van der Waals surface area contributed by atoms with Gasteiger partial charge in [-0.2, -0.15) is 5.26 Å². The lowest BCUT2D eigenvalue weighted by Crippen LogP contribution is -2.10. The molecule has 0 fully saturated rings. The molecule has 0 radical (unpaired) electrons. The average Bonchev–Trinajstić information content (AvgIpc) is 2.99. The highest BCUT2D eigenvalue weighted by atomic mass is 79.9. The molecule has 0 spiro atoms. The van der Waals surface area contributed by atoms with Gasteiger partial charge in [-0.3, -0.25) is 0 Å². The summed E-state index contributed by atoms with van der Waals surface area (Å²) < 4.78 is 2.57. The molecule has 0 unspecified atom stereocenters. The largest absolute Gasteiger partial charge is 0.477 e. The maximum absolute atomic E-state index is 11.7. The smallest absolute Gasteiger partial charge is 0.352 e. The molecule has 4 rings (SSSR count). The summed E-state index contributed by atoms with van der Waals surface area (Å²) in [6.07, 6.45) is 0. The lowest BCUT2D eigenvalue weighted by Gasteiger charge is -2.12. The Hall–Kier alpha value is -3.17. The van der Waals surface area contributed by atoms with Gasteiger partial charge >= 0.3 is 5.97 Å². The molecule has 2 heterocycles. The summed E-state index contributed by atoms with van der Waals surface area (Å²) in [4.78, 5) is 16.1. The number of nitriles is 1. The summed E-state index contributed by atoms with van der Waals surface area (Å²) in [5.41, 5.74) is 1.86. The number of carboxylic acid groups (broad SMARTS) is 1. The van der Waals surface area contributed by atoms with Crippen LogP contribution in [0, 0.1) is 11.3 Å². The van der Waals surface area contributed by atoms with Crippen molar-refractivity contribution in [1.29, 1.82) is 5.26 Å². The van der Waals surface area contributed by atoms with Crippen LogP contribution in [0.3, 0.4) is 0 Å². The van der Waals surface area contributed by atoms with E-state index in [0.717, 1.165) is 20.8 Å². The molecule has 0 aliphatic rings. The van der Waals surface area contributed by atoms with E-state index in [1.807, 2.05) is 42.5 Å². The van der Waals surface area contributed by atoms with Gasteiger partial charge in [-0.1, -0.05) is 40.2 Å². The van der Waals surface area contributed by atoms with Crippen LogP contribution in [-0.4, -0.2) is 20.6 Å². The summed E-state index contributed by atoms with van der Waals surface area (Å²) in [5.74, 6) is -1.03. The maximum Gasteiger partial charge on any atom is 0.352 e. The number of carboxylic acids is 1. The molecule has 4 aromatic rings. The van der Waals surface area contributed by atoms with Gasteiger partial charge in [0, 0.05) is 9.86 Å². The third-order valence-corrected chi connectivity index (χ3v) is 4.78. The Labute approximate surface area is 157 Å². The quantitative estimate of drug-likeness (QED) is 0.541. The van der Waals surface area contributed by atoms with Crippen LogP contribution in [0.1, 0.15) is 21.7 Å². The van der Waals surface area contributed by atoms with E-state index in [0.29, 0.717) is 17.6 Å². The van der Waals surface area contributed by atoms with E-state index in [4.69, 9.17) is 5.26 Å². The first-order valence-electron chi connectivity index (χ1n) is 7.87. The Kier molecular flexibility index (Phi) is 3.94. The maximum atomic E-state index is 11.7. The molecule has 126 valence electrons. The van der Waals surface area contributed by atoms with Crippen molar-refractivity contribution < 1.29 is 9.90 Å². The highest BCUT2D eigenvalue weighted by molar-refractivity contribution is 9.10. The van der Waals surface area contributed by atoms with Gasteiger partial charge in [-0.25, -0.2) is 9.78 Å². The highest BCUT2D eigenvalue weighted by Gasteiger charge is 2.17. The SMILES string of the molecule is N#Cc1ccc2cc(C(=O)O)n(Cc3cc(Br)cc4ccccc34)c2n1. The molecule has 0 saturated heterocycles. The van der Waals surface area contributed by atoms with Crippen LogP contribution in [0.25, 0.3) is 21.8 Å². The zero-order chi connectivity index (χ0) is 18.3. The van der Waals surface area contributed by atoms with Crippen LogP contribution in [-0.2, 0) is 6.54 Å². The molecule has 6 heteroatoms. The molecule has 5 nitrogen and oxygen atoms in total. The molecular formula is C20H12BrN3O2. The van der Waals surface area contributed by atoms with Gasteiger partial charge in [0.05, 0.1) is 6.54 Å². The third kappa shape index (κ3) is 2.72. The van der Waals surface area contributed by atoms with E-state index >= 15 is 0 Å². The summed E-state index contributed by atoms with van der Waals surface area (Å²) >= 11 is 3.52. The number of carbonyl (C=O) groups is 1. The van der Waals surface area contributed by atoms with E-state index < -0.39 is 5.97 Å². The fourth-order valence-corrected chi connectivity index (χ4v) is 3.70. The minimum Gasteiger partial charge on any atom is -0.477 e. The molecule has 0 amide bonds. The van der Waals surface area contributed by atoms with Crippen molar-refractivity contribution in [1.82, 2.24) is 9.55 Å². The minimum absolute atomic E-state index is 0.145. The Bertz CT molecular complexity index is 1220. The van der Waals surface area contributed by atoms with Crippen LogP contribution < -0.4 is 0 Å². The van der Waals surface area contributed by atoms with Gasteiger partial charge in [0.2, 0.25) is 0 Å². The molecule has 2 aromatic heterocycles. The second kappa shape index (κ2) is 6.28. The second-order valence-electron chi connectivity index (χ2n) is 5.93. The molecule has 1 N–H and O–H groups in total. The standard InChI is InChI=1S/C20H12BrN3O2/c21-15-7-12-3-1-2-4-17(12)14(8-15)11-24-18(20(25)26)9-13-5-6-16(10-22)23-19(13)24/h1-9H,11H2,(H,25,26). The molecular weight excluding hydrogens is 394 g/mol. The first-order chi connectivity index (χ1) is 12.6.